The molecule has 0 spiro atoms. The van der Waals surface area contributed by atoms with Crippen LogP contribution in [0.4, 0.5) is 0 Å². The molecule has 0 saturated heterocycles. The fraction of sp³-hybridized carbons (Fsp3) is 0.381. The molecule has 0 saturated carbocycles. The first-order valence-electron chi connectivity index (χ1n) is 9.82. The highest BCUT2D eigenvalue weighted by atomic mass is 16.5. The minimum atomic E-state index is 0.549. The molecule has 0 aliphatic heterocycles. The second-order valence-electron chi connectivity index (χ2n) is 6.42. The Morgan fingerprint density at radius 1 is 1.11 bits per heavy atom. The summed E-state index contributed by atoms with van der Waals surface area (Å²) in [7, 11) is 0. The molecule has 0 unspecified atom stereocenters. The van der Waals surface area contributed by atoms with E-state index in [0.29, 0.717) is 13.1 Å². The third-order valence-corrected chi connectivity index (χ3v) is 4.46. The Morgan fingerprint density at radius 3 is 2.64 bits per heavy atom. The van der Waals surface area contributed by atoms with Gasteiger partial charge in [0.1, 0.15) is 5.76 Å². The Balaban J connectivity index is 1.66. The Bertz CT molecular complexity index is 875. The summed E-state index contributed by atoms with van der Waals surface area (Å²) in [6.07, 6.45) is 5.54. The van der Waals surface area contributed by atoms with E-state index >= 15 is 0 Å². The predicted molar refractivity (Wildman–Crippen MR) is 110 cm³/mol. The monoisotopic (exact) mass is 380 g/mol. The fourth-order valence-electron chi connectivity index (χ4n) is 2.99. The van der Waals surface area contributed by atoms with Crippen molar-refractivity contribution in [1.29, 1.82) is 0 Å². The normalized spacial score (nSPS) is 11.6. The Labute approximate surface area is 165 Å². The topological polar surface area (TPSA) is 80.3 Å². The number of para-hydroxylation sites is 1. The van der Waals surface area contributed by atoms with Crippen LogP contribution in [-0.4, -0.2) is 27.4 Å². The van der Waals surface area contributed by atoms with Gasteiger partial charge in [0.15, 0.2) is 5.96 Å². The highest BCUT2D eigenvalue weighted by molar-refractivity contribution is 5.79. The quantitative estimate of drug-likeness (QED) is 0.463. The molecule has 1 aromatic carbocycles. The number of rotatable bonds is 8. The maximum atomic E-state index is 5.44. The summed E-state index contributed by atoms with van der Waals surface area (Å²) >= 11 is 0. The maximum absolute atomic E-state index is 5.44. The number of hydrogen-bond acceptors (Lipinski definition) is 4. The van der Waals surface area contributed by atoms with E-state index < -0.39 is 0 Å². The number of nitrogens with zero attached hydrogens (tertiary/aromatic N) is 4. The maximum Gasteiger partial charge on any atom is 0.191 e. The zero-order valence-electron chi connectivity index (χ0n) is 16.8. The predicted octanol–water partition coefficient (Wildman–Crippen LogP) is 3.24. The van der Waals surface area contributed by atoms with E-state index in [0.717, 1.165) is 53.6 Å². The molecule has 0 bridgehead atoms. The molecule has 3 rings (SSSR count). The molecule has 0 fully saturated rings. The van der Waals surface area contributed by atoms with Gasteiger partial charge in [-0.3, -0.25) is 0 Å². The van der Waals surface area contributed by atoms with Crippen molar-refractivity contribution < 1.29 is 4.52 Å². The van der Waals surface area contributed by atoms with Crippen LogP contribution in [0.2, 0.25) is 0 Å². The van der Waals surface area contributed by atoms with Gasteiger partial charge in [0.25, 0.3) is 0 Å². The van der Waals surface area contributed by atoms with Crippen molar-refractivity contribution in [2.24, 2.45) is 4.99 Å². The molecule has 2 aromatic heterocycles. The summed E-state index contributed by atoms with van der Waals surface area (Å²) in [6.45, 7) is 8.20. The largest absolute Gasteiger partial charge is 0.361 e. The van der Waals surface area contributed by atoms with E-state index in [1.54, 1.807) is 0 Å². The summed E-state index contributed by atoms with van der Waals surface area (Å²) in [5.74, 6) is 1.70. The van der Waals surface area contributed by atoms with Crippen LogP contribution in [-0.2, 0) is 25.9 Å². The van der Waals surface area contributed by atoms with Gasteiger partial charge in [0.2, 0.25) is 0 Å². The van der Waals surface area contributed by atoms with Crippen molar-refractivity contribution in [3.05, 3.63) is 65.3 Å². The number of nitrogens with one attached hydrogen (secondary N) is 2. The zero-order chi connectivity index (χ0) is 19.8. The third kappa shape index (κ3) is 4.79. The van der Waals surface area contributed by atoms with E-state index in [4.69, 9.17) is 9.52 Å². The van der Waals surface area contributed by atoms with Gasteiger partial charge in [-0.25, -0.2) is 9.67 Å². The standard InChI is InChI=1S/C21H28N6O/c1-4-19-18(20(5-2)28-26-19)14-24-21(22-6-3)23-12-16-13-25-27(15-16)17-10-8-7-9-11-17/h7-11,13,15H,4-6,12,14H2,1-3H3,(H2,22,23,24). The van der Waals surface area contributed by atoms with Crippen molar-refractivity contribution in [2.45, 2.75) is 46.7 Å². The minimum absolute atomic E-state index is 0.549. The molecule has 2 heterocycles. The van der Waals surface area contributed by atoms with Crippen LogP contribution < -0.4 is 10.6 Å². The van der Waals surface area contributed by atoms with Gasteiger partial charge >= 0.3 is 0 Å². The first kappa shape index (κ1) is 19.7. The third-order valence-electron chi connectivity index (χ3n) is 4.46. The van der Waals surface area contributed by atoms with Crippen molar-refractivity contribution in [1.82, 2.24) is 25.6 Å². The van der Waals surface area contributed by atoms with Gasteiger partial charge in [0.05, 0.1) is 24.1 Å². The van der Waals surface area contributed by atoms with Crippen LogP contribution in [0.3, 0.4) is 0 Å². The molecule has 0 aliphatic carbocycles. The first-order valence-corrected chi connectivity index (χ1v) is 9.82. The highest BCUT2D eigenvalue weighted by Crippen LogP contribution is 2.15. The van der Waals surface area contributed by atoms with Crippen LogP contribution in [0.15, 0.2) is 52.2 Å². The molecule has 0 aliphatic rings. The number of aliphatic imine (C=N–C) groups is 1. The molecule has 0 radical (unpaired) electrons. The number of aryl methyl sites for hydroxylation is 2. The molecular weight excluding hydrogens is 352 g/mol. The van der Waals surface area contributed by atoms with Crippen LogP contribution in [0.5, 0.6) is 0 Å². The van der Waals surface area contributed by atoms with Gasteiger partial charge in [-0.1, -0.05) is 37.2 Å². The van der Waals surface area contributed by atoms with Gasteiger partial charge in [0, 0.05) is 36.8 Å². The molecule has 148 valence electrons. The van der Waals surface area contributed by atoms with Crippen molar-refractivity contribution >= 4 is 5.96 Å². The first-order chi connectivity index (χ1) is 13.7. The lowest BCUT2D eigenvalue weighted by molar-refractivity contribution is 0.380. The van der Waals surface area contributed by atoms with Crippen LogP contribution in [0.1, 0.15) is 43.4 Å². The van der Waals surface area contributed by atoms with E-state index in [1.165, 1.54) is 0 Å². The van der Waals surface area contributed by atoms with E-state index in [-0.39, 0.29) is 0 Å². The summed E-state index contributed by atoms with van der Waals surface area (Å²) in [5.41, 5.74) is 4.22. The number of aromatic nitrogens is 3. The second kappa shape index (κ2) is 9.73. The molecule has 0 atom stereocenters. The molecule has 28 heavy (non-hydrogen) atoms. The molecular formula is C21H28N6O. The number of hydrogen-bond donors (Lipinski definition) is 2. The van der Waals surface area contributed by atoms with Crippen LogP contribution in [0, 0.1) is 0 Å². The SMILES string of the molecule is CCNC(=NCc1cnn(-c2ccccc2)c1)NCc1c(CC)noc1CC. The van der Waals surface area contributed by atoms with Crippen molar-refractivity contribution in [2.75, 3.05) is 6.54 Å². The Kier molecular flexibility index (Phi) is 6.84. The van der Waals surface area contributed by atoms with Gasteiger partial charge < -0.3 is 15.2 Å². The summed E-state index contributed by atoms with van der Waals surface area (Å²) in [4.78, 5) is 4.69. The smallest absolute Gasteiger partial charge is 0.191 e. The highest BCUT2D eigenvalue weighted by Gasteiger charge is 2.13. The average Bonchev–Trinajstić information content (AvgIpc) is 3.37. The van der Waals surface area contributed by atoms with Gasteiger partial charge in [-0.2, -0.15) is 5.10 Å². The van der Waals surface area contributed by atoms with Gasteiger partial charge in [-0.15, -0.1) is 0 Å². The van der Waals surface area contributed by atoms with Crippen LogP contribution >= 0.6 is 0 Å². The second-order valence-corrected chi connectivity index (χ2v) is 6.42. The van der Waals surface area contributed by atoms with Crippen LogP contribution in [0.25, 0.3) is 5.69 Å². The molecule has 2 N–H and O–H groups in total. The van der Waals surface area contributed by atoms with Crippen molar-refractivity contribution in [3.8, 4) is 5.69 Å². The summed E-state index contributed by atoms with van der Waals surface area (Å²) in [6, 6.07) is 10.1. The van der Waals surface area contributed by atoms with Crippen molar-refractivity contribution in [3.63, 3.8) is 0 Å². The minimum Gasteiger partial charge on any atom is -0.361 e. The molecule has 7 heteroatoms. The number of benzene rings is 1. The lowest BCUT2D eigenvalue weighted by atomic mass is 10.1. The molecule has 3 aromatic rings. The van der Waals surface area contributed by atoms with Gasteiger partial charge in [-0.05, 0) is 25.5 Å². The Morgan fingerprint density at radius 2 is 1.93 bits per heavy atom. The lowest BCUT2D eigenvalue weighted by Crippen LogP contribution is -2.37. The number of guanidine groups is 1. The fourth-order valence-corrected chi connectivity index (χ4v) is 2.99. The molecule has 0 amide bonds. The lowest BCUT2D eigenvalue weighted by Gasteiger charge is -2.11. The van der Waals surface area contributed by atoms with E-state index in [1.807, 2.05) is 47.4 Å². The molecule has 7 nitrogen and oxygen atoms in total. The van der Waals surface area contributed by atoms with E-state index in [9.17, 15) is 0 Å². The zero-order valence-corrected chi connectivity index (χ0v) is 16.8. The summed E-state index contributed by atoms with van der Waals surface area (Å²) in [5, 5.41) is 15.3. The Hall–Kier alpha value is -3.09. The van der Waals surface area contributed by atoms with E-state index in [2.05, 4.69) is 41.7 Å². The average molecular weight is 380 g/mol. The summed E-state index contributed by atoms with van der Waals surface area (Å²) < 4.78 is 7.31.